The number of hydrogen-bond donors (Lipinski definition) is 1. The molecule has 0 aliphatic rings. The molecule has 0 bridgehead atoms. The smallest absolute Gasteiger partial charge is 0.360 e. The molecule has 0 aromatic carbocycles. The van der Waals surface area contributed by atoms with E-state index in [1.54, 1.807) is 30.0 Å². The Morgan fingerprint density at radius 3 is 3.00 bits per heavy atom. The first-order chi connectivity index (χ1) is 9.70. The molecule has 0 amide bonds. The lowest BCUT2D eigenvalue weighted by Crippen LogP contribution is -2.07. The Morgan fingerprint density at radius 1 is 1.45 bits per heavy atom. The van der Waals surface area contributed by atoms with Crippen LogP contribution in [0.25, 0.3) is 17.2 Å². The maximum Gasteiger partial charge on any atom is 0.360 e. The third-order valence-corrected chi connectivity index (χ3v) is 2.90. The van der Waals surface area contributed by atoms with Crippen molar-refractivity contribution in [3.8, 4) is 11.5 Å². The topological polar surface area (TPSA) is 85.2 Å². The normalized spacial score (nSPS) is 10.9. The standard InChI is InChI=1S/C13H13N5O2/c1-3-20-13(19)10-12-17-9(11-14-4-5-15-11)6-8(2)18(12)7-16-10/h4-7H,3H2,1-2H3,(H,14,15). The van der Waals surface area contributed by atoms with E-state index in [2.05, 4.69) is 19.9 Å². The Labute approximate surface area is 114 Å². The van der Waals surface area contributed by atoms with E-state index < -0.39 is 5.97 Å². The molecule has 0 saturated heterocycles. The second kappa shape index (κ2) is 4.76. The number of carbonyl (C=O) groups is 1. The van der Waals surface area contributed by atoms with E-state index in [0.29, 0.717) is 23.8 Å². The average molecular weight is 271 g/mol. The van der Waals surface area contributed by atoms with Crippen LogP contribution in [0.5, 0.6) is 0 Å². The largest absolute Gasteiger partial charge is 0.461 e. The molecule has 0 unspecified atom stereocenters. The van der Waals surface area contributed by atoms with Crippen LogP contribution >= 0.6 is 0 Å². The lowest BCUT2D eigenvalue weighted by atomic mass is 10.3. The van der Waals surface area contributed by atoms with Crippen molar-refractivity contribution in [2.45, 2.75) is 13.8 Å². The van der Waals surface area contributed by atoms with Gasteiger partial charge in [-0.05, 0) is 19.9 Å². The molecule has 7 nitrogen and oxygen atoms in total. The minimum Gasteiger partial charge on any atom is -0.461 e. The number of nitrogens with zero attached hydrogens (tertiary/aromatic N) is 4. The summed E-state index contributed by atoms with van der Waals surface area (Å²) in [6.45, 7) is 3.97. The molecule has 0 radical (unpaired) electrons. The minimum absolute atomic E-state index is 0.211. The number of aromatic nitrogens is 5. The third kappa shape index (κ3) is 1.93. The summed E-state index contributed by atoms with van der Waals surface area (Å²) in [5.41, 5.74) is 2.24. The zero-order valence-electron chi connectivity index (χ0n) is 11.1. The molecule has 20 heavy (non-hydrogen) atoms. The van der Waals surface area contributed by atoms with Gasteiger partial charge in [-0.15, -0.1) is 0 Å². The van der Waals surface area contributed by atoms with Crippen LogP contribution in [-0.2, 0) is 4.74 Å². The quantitative estimate of drug-likeness (QED) is 0.731. The molecule has 1 N–H and O–H groups in total. The van der Waals surface area contributed by atoms with Gasteiger partial charge in [0.1, 0.15) is 12.0 Å². The number of imidazole rings is 2. The fraction of sp³-hybridized carbons (Fsp3) is 0.231. The van der Waals surface area contributed by atoms with Crippen molar-refractivity contribution >= 4 is 11.6 Å². The zero-order valence-corrected chi connectivity index (χ0v) is 11.1. The Hall–Kier alpha value is -2.70. The summed E-state index contributed by atoms with van der Waals surface area (Å²) in [5, 5.41) is 0. The minimum atomic E-state index is -0.474. The van der Waals surface area contributed by atoms with Crippen molar-refractivity contribution in [1.29, 1.82) is 0 Å². The fourth-order valence-electron chi connectivity index (χ4n) is 1.99. The van der Waals surface area contributed by atoms with Crippen LogP contribution in [-0.4, -0.2) is 36.9 Å². The summed E-state index contributed by atoms with van der Waals surface area (Å²) < 4.78 is 6.74. The van der Waals surface area contributed by atoms with Crippen LogP contribution in [0.2, 0.25) is 0 Å². The molecule has 0 aliphatic heterocycles. The Morgan fingerprint density at radius 2 is 2.30 bits per heavy atom. The van der Waals surface area contributed by atoms with E-state index in [0.717, 1.165) is 5.69 Å². The van der Waals surface area contributed by atoms with Gasteiger partial charge in [-0.1, -0.05) is 0 Å². The van der Waals surface area contributed by atoms with Crippen molar-refractivity contribution in [1.82, 2.24) is 24.3 Å². The van der Waals surface area contributed by atoms with Gasteiger partial charge >= 0.3 is 5.97 Å². The molecule has 0 aliphatic carbocycles. The van der Waals surface area contributed by atoms with Crippen LogP contribution < -0.4 is 0 Å². The fourth-order valence-corrected chi connectivity index (χ4v) is 1.99. The summed E-state index contributed by atoms with van der Waals surface area (Å²) in [7, 11) is 0. The number of ether oxygens (including phenoxy) is 1. The highest BCUT2D eigenvalue weighted by atomic mass is 16.5. The van der Waals surface area contributed by atoms with Gasteiger partial charge in [-0.2, -0.15) is 0 Å². The second-order valence-electron chi connectivity index (χ2n) is 4.23. The maximum atomic E-state index is 11.9. The van der Waals surface area contributed by atoms with Crippen molar-refractivity contribution < 1.29 is 9.53 Å². The van der Waals surface area contributed by atoms with E-state index >= 15 is 0 Å². The van der Waals surface area contributed by atoms with Crippen molar-refractivity contribution in [2.24, 2.45) is 0 Å². The molecule has 7 heteroatoms. The highest BCUT2D eigenvalue weighted by Crippen LogP contribution is 2.18. The summed E-state index contributed by atoms with van der Waals surface area (Å²) in [4.78, 5) is 27.6. The van der Waals surface area contributed by atoms with Crippen LogP contribution in [0.15, 0.2) is 24.8 Å². The second-order valence-corrected chi connectivity index (χ2v) is 4.23. The predicted molar refractivity (Wildman–Crippen MR) is 71.3 cm³/mol. The third-order valence-electron chi connectivity index (χ3n) is 2.90. The number of nitrogens with one attached hydrogen (secondary N) is 1. The summed E-state index contributed by atoms with van der Waals surface area (Å²) in [5.74, 6) is 0.171. The van der Waals surface area contributed by atoms with Gasteiger partial charge < -0.3 is 9.72 Å². The summed E-state index contributed by atoms with van der Waals surface area (Å²) >= 11 is 0. The molecule has 0 fully saturated rings. The van der Waals surface area contributed by atoms with E-state index in [-0.39, 0.29) is 5.69 Å². The molecule has 0 saturated carbocycles. The number of H-pyrrole nitrogens is 1. The van der Waals surface area contributed by atoms with Gasteiger partial charge in [-0.25, -0.2) is 19.7 Å². The van der Waals surface area contributed by atoms with E-state index in [4.69, 9.17) is 4.74 Å². The molecule has 0 atom stereocenters. The van der Waals surface area contributed by atoms with Crippen LogP contribution in [0.3, 0.4) is 0 Å². The Balaban J connectivity index is 2.18. The van der Waals surface area contributed by atoms with Gasteiger partial charge in [0.2, 0.25) is 0 Å². The number of aryl methyl sites for hydroxylation is 1. The van der Waals surface area contributed by atoms with Crippen LogP contribution in [0.4, 0.5) is 0 Å². The molecule has 0 spiro atoms. The Kier molecular flexibility index (Phi) is 2.94. The first-order valence-electron chi connectivity index (χ1n) is 6.22. The number of fused-ring (bicyclic) bond motifs is 1. The molecule has 102 valence electrons. The van der Waals surface area contributed by atoms with E-state index in [9.17, 15) is 4.79 Å². The lowest BCUT2D eigenvalue weighted by Gasteiger charge is -2.04. The molecular formula is C13H13N5O2. The lowest BCUT2D eigenvalue weighted by molar-refractivity contribution is 0.0522. The van der Waals surface area contributed by atoms with E-state index in [1.807, 2.05) is 13.0 Å². The van der Waals surface area contributed by atoms with Crippen molar-refractivity contribution in [3.63, 3.8) is 0 Å². The highest BCUT2D eigenvalue weighted by molar-refractivity contribution is 5.94. The highest BCUT2D eigenvalue weighted by Gasteiger charge is 2.18. The van der Waals surface area contributed by atoms with Gasteiger partial charge in [0.25, 0.3) is 0 Å². The summed E-state index contributed by atoms with van der Waals surface area (Å²) in [6, 6.07) is 1.88. The van der Waals surface area contributed by atoms with Crippen molar-refractivity contribution in [3.05, 3.63) is 36.2 Å². The van der Waals surface area contributed by atoms with Crippen molar-refractivity contribution in [2.75, 3.05) is 6.61 Å². The first kappa shape index (κ1) is 12.3. The molecule has 3 heterocycles. The molecule has 3 aromatic heterocycles. The predicted octanol–water partition coefficient (Wildman–Crippen LogP) is 1.60. The maximum absolute atomic E-state index is 11.9. The van der Waals surface area contributed by atoms with Gasteiger partial charge in [0.05, 0.1) is 6.61 Å². The number of carbonyl (C=O) groups excluding carboxylic acids is 1. The van der Waals surface area contributed by atoms with Gasteiger partial charge in [-0.3, -0.25) is 4.40 Å². The first-order valence-corrected chi connectivity index (χ1v) is 6.22. The van der Waals surface area contributed by atoms with Crippen LogP contribution in [0.1, 0.15) is 23.1 Å². The van der Waals surface area contributed by atoms with Gasteiger partial charge in [0, 0.05) is 18.1 Å². The number of rotatable bonds is 3. The number of esters is 1. The monoisotopic (exact) mass is 271 g/mol. The van der Waals surface area contributed by atoms with Crippen LogP contribution in [0, 0.1) is 6.92 Å². The molecular weight excluding hydrogens is 258 g/mol. The Bertz CT molecular complexity index is 761. The van der Waals surface area contributed by atoms with Gasteiger partial charge in [0.15, 0.2) is 17.2 Å². The SMILES string of the molecule is CCOC(=O)c1ncn2c(C)cc(-c3ncc[nH]3)nc12. The average Bonchev–Trinajstić information content (AvgIpc) is 3.08. The number of hydrogen-bond acceptors (Lipinski definition) is 5. The zero-order chi connectivity index (χ0) is 14.1. The molecule has 3 aromatic rings. The van der Waals surface area contributed by atoms with E-state index in [1.165, 1.54) is 0 Å². The molecule has 3 rings (SSSR count). The number of aromatic amines is 1. The summed E-state index contributed by atoms with van der Waals surface area (Å²) in [6.07, 6.45) is 4.94.